The van der Waals surface area contributed by atoms with E-state index in [0.717, 1.165) is 6.26 Å². The number of nitrogens with zero attached hydrogens (tertiary/aromatic N) is 4. The van der Waals surface area contributed by atoms with Crippen molar-refractivity contribution >= 4 is 66.4 Å². The molecule has 0 spiro atoms. The maximum Gasteiger partial charge on any atom is 0.266 e. The molecule has 2 aromatic carbocycles. The summed E-state index contributed by atoms with van der Waals surface area (Å²) in [7, 11) is 0.466. The number of aromatic nitrogens is 2. The summed E-state index contributed by atoms with van der Waals surface area (Å²) < 4.78 is 30.0. The fourth-order valence-electron chi connectivity index (χ4n) is 3.42. The second kappa shape index (κ2) is 10.6. The predicted octanol–water partition coefficient (Wildman–Crippen LogP) is 4.95. The van der Waals surface area contributed by atoms with Gasteiger partial charge in [0.15, 0.2) is 15.0 Å². The molecule has 0 aliphatic heterocycles. The third-order valence-corrected chi connectivity index (χ3v) is 7.71. The van der Waals surface area contributed by atoms with Gasteiger partial charge in [-0.1, -0.05) is 46.3 Å². The number of fused-ring (bicyclic) bond motifs is 1. The lowest BCUT2D eigenvalue weighted by Crippen LogP contribution is -2.37. The molecule has 2 heterocycles. The van der Waals surface area contributed by atoms with Crippen LogP contribution in [0.15, 0.2) is 51.9 Å². The maximum absolute atomic E-state index is 13.9. The molecular formula is C23H24Cl2N4O4S2. The second-order valence-corrected chi connectivity index (χ2v) is 11.5. The fourth-order valence-corrected chi connectivity index (χ4v) is 5.40. The SMILES string of the molecule is Cc1onc(-c2ccccc2Cl)c1C(=O)N(CCN(C)C)c1nc2ccc(S(C)(=O)=O)cc2s1.Cl. The van der Waals surface area contributed by atoms with Crippen molar-refractivity contribution in [2.24, 2.45) is 0 Å². The topological polar surface area (TPSA) is 96.6 Å². The first-order chi connectivity index (χ1) is 16.1. The van der Waals surface area contributed by atoms with Crippen LogP contribution >= 0.6 is 35.3 Å². The highest BCUT2D eigenvalue weighted by Gasteiger charge is 2.29. The van der Waals surface area contributed by atoms with Crippen molar-refractivity contribution < 1.29 is 17.7 Å². The first kappa shape index (κ1) is 27.1. The minimum Gasteiger partial charge on any atom is -0.360 e. The van der Waals surface area contributed by atoms with Crippen molar-refractivity contribution in [3.63, 3.8) is 0 Å². The molecule has 0 aliphatic carbocycles. The van der Waals surface area contributed by atoms with E-state index in [1.54, 1.807) is 42.2 Å². The lowest BCUT2D eigenvalue weighted by atomic mass is 10.1. The van der Waals surface area contributed by atoms with E-state index in [1.807, 2.05) is 25.1 Å². The number of halogens is 2. The quantitative estimate of drug-likeness (QED) is 0.319. The zero-order valence-corrected chi connectivity index (χ0v) is 22.7. The Labute approximate surface area is 218 Å². The molecule has 0 bridgehead atoms. The Balaban J connectivity index is 0.00000342. The van der Waals surface area contributed by atoms with E-state index in [1.165, 1.54) is 17.4 Å². The number of hydrogen-bond donors (Lipinski definition) is 0. The lowest BCUT2D eigenvalue weighted by molar-refractivity contribution is 0.0984. The van der Waals surface area contributed by atoms with Gasteiger partial charge in [0.25, 0.3) is 5.91 Å². The van der Waals surface area contributed by atoms with Gasteiger partial charge in [0.05, 0.1) is 20.1 Å². The third-order valence-electron chi connectivity index (χ3n) is 5.23. The van der Waals surface area contributed by atoms with E-state index in [-0.39, 0.29) is 23.2 Å². The van der Waals surface area contributed by atoms with Gasteiger partial charge in [-0.2, -0.15) is 0 Å². The summed E-state index contributed by atoms with van der Waals surface area (Å²) >= 11 is 7.63. The molecule has 12 heteroatoms. The number of thiazole rings is 1. The molecule has 0 unspecified atom stereocenters. The number of carbonyl (C=O) groups is 1. The number of anilines is 1. The van der Waals surface area contributed by atoms with Crippen LogP contribution in [0.1, 0.15) is 16.1 Å². The Kier molecular flexibility index (Phi) is 8.23. The Morgan fingerprint density at radius 2 is 1.86 bits per heavy atom. The summed E-state index contributed by atoms with van der Waals surface area (Å²) in [6, 6.07) is 11.9. The minimum absolute atomic E-state index is 0. The maximum atomic E-state index is 13.9. The Bertz CT molecular complexity index is 1480. The van der Waals surface area contributed by atoms with Crippen LogP contribution in [0.25, 0.3) is 21.5 Å². The molecule has 0 fully saturated rings. The number of likely N-dealkylation sites (N-methyl/N-ethyl adjacent to an activating group) is 1. The molecule has 0 saturated carbocycles. The zero-order valence-electron chi connectivity index (χ0n) is 19.5. The van der Waals surface area contributed by atoms with Gasteiger partial charge in [-0.25, -0.2) is 13.4 Å². The molecule has 8 nitrogen and oxygen atoms in total. The summed E-state index contributed by atoms with van der Waals surface area (Å²) in [4.78, 5) is 22.3. The molecule has 0 aliphatic rings. The molecule has 2 aromatic heterocycles. The molecule has 0 radical (unpaired) electrons. The summed E-state index contributed by atoms with van der Waals surface area (Å²) in [5.41, 5.74) is 1.88. The number of rotatable bonds is 7. The summed E-state index contributed by atoms with van der Waals surface area (Å²) in [5.74, 6) is 0.0492. The number of carbonyl (C=O) groups excluding carboxylic acids is 1. The van der Waals surface area contributed by atoms with Gasteiger partial charge >= 0.3 is 0 Å². The van der Waals surface area contributed by atoms with Crippen molar-refractivity contribution in [3.8, 4) is 11.3 Å². The normalized spacial score (nSPS) is 11.6. The van der Waals surface area contributed by atoms with E-state index in [4.69, 9.17) is 16.1 Å². The summed E-state index contributed by atoms with van der Waals surface area (Å²) in [5, 5.41) is 5.03. The largest absolute Gasteiger partial charge is 0.360 e. The molecule has 0 N–H and O–H groups in total. The van der Waals surface area contributed by atoms with E-state index in [0.29, 0.717) is 56.0 Å². The molecule has 4 aromatic rings. The van der Waals surface area contributed by atoms with Gasteiger partial charge in [0.1, 0.15) is 17.0 Å². The smallest absolute Gasteiger partial charge is 0.266 e. The van der Waals surface area contributed by atoms with Crippen LogP contribution in [-0.2, 0) is 9.84 Å². The van der Waals surface area contributed by atoms with Crippen LogP contribution in [-0.4, -0.2) is 62.8 Å². The third kappa shape index (κ3) is 5.68. The molecule has 4 rings (SSSR count). The van der Waals surface area contributed by atoms with Gasteiger partial charge in [-0.05, 0) is 45.3 Å². The van der Waals surface area contributed by atoms with E-state index < -0.39 is 9.84 Å². The summed E-state index contributed by atoms with van der Waals surface area (Å²) in [6.07, 6.45) is 1.16. The van der Waals surface area contributed by atoms with Crippen molar-refractivity contribution in [1.29, 1.82) is 0 Å². The molecule has 1 amide bonds. The van der Waals surface area contributed by atoms with Crippen molar-refractivity contribution in [2.75, 3.05) is 38.3 Å². The van der Waals surface area contributed by atoms with Crippen LogP contribution in [0.3, 0.4) is 0 Å². The zero-order chi connectivity index (χ0) is 24.6. The number of benzene rings is 2. The van der Waals surface area contributed by atoms with Crippen LogP contribution in [0.5, 0.6) is 0 Å². The van der Waals surface area contributed by atoms with Gasteiger partial charge in [0, 0.05) is 24.9 Å². The predicted molar refractivity (Wildman–Crippen MR) is 142 cm³/mol. The highest BCUT2D eigenvalue weighted by molar-refractivity contribution is 7.90. The highest BCUT2D eigenvalue weighted by Crippen LogP contribution is 2.35. The first-order valence-electron chi connectivity index (χ1n) is 10.3. The Morgan fingerprint density at radius 3 is 2.51 bits per heavy atom. The Hall–Kier alpha value is -2.50. The van der Waals surface area contributed by atoms with E-state index in [9.17, 15) is 13.2 Å². The molecule has 0 atom stereocenters. The van der Waals surface area contributed by atoms with Crippen molar-refractivity contribution in [3.05, 3.63) is 58.8 Å². The lowest BCUT2D eigenvalue weighted by Gasteiger charge is -2.22. The van der Waals surface area contributed by atoms with Gasteiger partial charge in [-0.3, -0.25) is 9.69 Å². The standard InChI is InChI=1S/C23H23ClN4O4S2.ClH/c1-14-20(21(26-32-14)16-7-5-6-8-17(16)24)22(29)28(12-11-27(2)3)23-25-18-10-9-15(34(4,30)31)13-19(18)33-23;/h5-10,13H,11-12H2,1-4H3;1H. The number of amides is 1. The van der Waals surface area contributed by atoms with E-state index >= 15 is 0 Å². The average Bonchev–Trinajstić information content (AvgIpc) is 3.36. The van der Waals surface area contributed by atoms with Crippen LogP contribution in [0, 0.1) is 6.92 Å². The van der Waals surface area contributed by atoms with Crippen molar-refractivity contribution in [2.45, 2.75) is 11.8 Å². The monoisotopic (exact) mass is 554 g/mol. The molecule has 0 saturated heterocycles. The number of aryl methyl sites for hydroxylation is 1. The fraction of sp³-hybridized carbons (Fsp3) is 0.261. The number of sulfone groups is 1. The van der Waals surface area contributed by atoms with Gasteiger partial charge in [-0.15, -0.1) is 12.4 Å². The minimum atomic E-state index is -3.37. The molecular weight excluding hydrogens is 531 g/mol. The van der Waals surface area contributed by atoms with Gasteiger partial charge in [0.2, 0.25) is 0 Å². The van der Waals surface area contributed by atoms with E-state index in [2.05, 4.69) is 10.1 Å². The Morgan fingerprint density at radius 1 is 1.14 bits per heavy atom. The van der Waals surface area contributed by atoms with Crippen LogP contribution in [0.2, 0.25) is 5.02 Å². The molecule has 35 heavy (non-hydrogen) atoms. The second-order valence-electron chi connectivity index (χ2n) is 8.10. The number of hydrogen-bond acceptors (Lipinski definition) is 8. The first-order valence-corrected chi connectivity index (χ1v) is 13.4. The van der Waals surface area contributed by atoms with Gasteiger partial charge < -0.3 is 9.42 Å². The van der Waals surface area contributed by atoms with Crippen LogP contribution < -0.4 is 4.90 Å². The summed E-state index contributed by atoms with van der Waals surface area (Å²) in [6.45, 7) is 2.63. The highest BCUT2D eigenvalue weighted by atomic mass is 35.5. The average molecular weight is 556 g/mol. The van der Waals surface area contributed by atoms with Crippen molar-refractivity contribution in [1.82, 2.24) is 15.0 Å². The molecule has 186 valence electrons. The van der Waals surface area contributed by atoms with Crippen LogP contribution in [0.4, 0.5) is 5.13 Å².